The Morgan fingerprint density at radius 2 is 2.33 bits per heavy atom. The van der Waals surface area contributed by atoms with E-state index >= 15 is 0 Å². The lowest BCUT2D eigenvalue weighted by Crippen LogP contribution is -2.14. The molecule has 1 aromatic rings. The van der Waals surface area contributed by atoms with Crippen molar-refractivity contribution in [1.82, 2.24) is 4.98 Å². The maximum atomic E-state index is 11.6. The number of hydrogen-bond acceptors (Lipinski definition) is 3. The summed E-state index contributed by atoms with van der Waals surface area (Å²) in [5.41, 5.74) is 0.487. The molecule has 15 heavy (non-hydrogen) atoms. The summed E-state index contributed by atoms with van der Waals surface area (Å²) in [6, 6.07) is 3.42. The number of rotatable bonds is 4. The van der Waals surface area contributed by atoms with Crippen molar-refractivity contribution in [3.63, 3.8) is 0 Å². The maximum Gasteiger partial charge on any atom is 0.339 e. The minimum Gasteiger partial charge on any atom is -0.459 e. The summed E-state index contributed by atoms with van der Waals surface area (Å²) in [5, 5.41) is 0. The molecule has 0 saturated heterocycles. The average molecular weight is 272 g/mol. The van der Waals surface area contributed by atoms with Crippen molar-refractivity contribution < 1.29 is 9.53 Å². The van der Waals surface area contributed by atoms with E-state index in [2.05, 4.69) is 27.8 Å². The van der Waals surface area contributed by atoms with Gasteiger partial charge in [-0.2, -0.15) is 0 Å². The van der Waals surface area contributed by atoms with Crippen LogP contribution in [0.25, 0.3) is 0 Å². The number of esters is 1. The first kappa shape index (κ1) is 12.2. The Bertz CT molecular complexity index is 324. The highest BCUT2D eigenvalue weighted by atomic mass is 79.9. The Morgan fingerprint density at radius 1 is 1.60 bits per heavy atom. The van der Waals surface area contributed by atoms with E-state index in [1.165, 1.54) is 6.20 Å². The SMILES string of the molecule is CCCC(C)OC(=O)c1ccc(Br)nc1. The summed E-state index contributed by atoms with van der Waals surface area (Å²) >= 11 is 3.21. The van der Waals surface area contributed by atoms with Crippen LogP contribution >= 0.6 is 15.9 Å². The minimum atomic E-state index is -0.309. The number of aromatic nitrogens is 1. The third-order valence-corrected chi connectivity index (χ3v) is 2.44. The van der Waals surface area contributed by atoms with Crippen LogP contribution in [0, 0.1) is 0 Å². The van der Waals surface area contributed by atoms with Crippen LogP contribution in [-0.2, 0) is 4.74 Å². The first-order valence-corrected chi connectivity index (χ1v) is 5.75. The molecule has 0 fully saturated rings. The Hall–Kier alpha value is -0.900. The van der Waals surface area contributed by atoms with E-state index in [0.29, 0.717) is 10.2 Å². The monoisotopic (exact) mass is 271 g/mol. The van der Waals surface area contributed by atoms with Crippen molar-refractivity contribution in [1.29, 1.82) is 0 Å². The number of carbonyl (C=O) groups is 1. The molecule has 0 aromatic carbocycles. The second kappa shape index (κ2) is 5.85. The highest BCUT2D eigenvalue weighted by molar-refractivity contribution is 9.10. The van der Waals surface area contributed by atoms with Gasteiger partial charge in [-0.15, -0.1) is 0 Å². The molecule has 0 N–H and O–H groups in total. The molecule has 3 nitrogen and oxygen atoms in total. The van der Waals surface area contributed by atoms with Crippen LogP contribution < -0.4 is 0 Å². The van der Waals surface area contributed by atoms with Crippen LogP contribution in [0.3, 0.4) is 0 Å². The van der Waals surface area contributed by atoms with E-state index in [1.54, 1.807) is 12.1 Å². The molecular weight excluding hydrogens is 258 g/mol. The van der Waals surface area contributed by atoms with E-state index in [-0.39, 0.29) is 12.1 Å². The van der Waals surface area contributed by atoms with Crippen LogP contribution in [0.15, 0.2) is 22.9 Å². The Kier molecular flexibility index (Phi) is 4.75. The zero-order chi connectivity index (χ0) is 11.3. The third kappa shape index (κ3) is 4.00. The van der Waals surface area contributed by atoms with Gasteiger partial charge in [0, 0.05) is 6.20 Å². The smallest absolute Gasteiger partial charge is 0.339 e. The molecule has 0 amide bonds. The third-order valence-electron chi connectivity index (χ3n) is 1.97. The molecule has 0 aliphatic heterocycles. The molecule has 0 saturated carbocycles. The molecule has 0 bridgehead atoms. The minimum absolute atomic E-state index is 0.0360. The van der Waals surface area contributed by atoms with Crippen LogP contribution in [0.1, 0.15) is 37.0 Å². The van der Waals surface area contributed by atoms with Crippen molar-refractivity contribution >= 4 is 21.9 Å². The molecule has 1 aromatic heterocycles. The second-order valence-electron chi connectivity index (χ2n) is 3.37. The number of nitrogens with zero attached hydrogens (tertiary/aromatic N) is 1. The molecule has 1 unspecified atom stereocenters. The number of pyridine rings is 1. The van der Waals surface area contributed by atoms with Crippen molar-refractivity contribution in [2.45, 2.75) is 32.8 Å². The molecule has 0 spiro atoms. The van der Waals surface area contributed by atoms with Gasteiger partial charge in [0.15, 0.2) is 0 Å². The summed E-state index contributed by atoms with van der Waals surface area (Å²) in [6.45, 7) is 3.96. The normalized spacial score (nSPS) is 12.2. The first-order chi connectivity index (χ1) is 7.13. The highest BCUT2D eigenvalue weighted by Gasteiger charge is 2.11. The van der Waals surface area contributed by atoms with Gasteiger partial charge in [0.25, 0.3) is 0 Å². The molecule has 1 heterocycles. The number of carbonyl (C=O) groups excluding carboxylic acids is 1. The van der Waals surface area contributed by atoms with Crippen LogP contribution in [0.2, 0.25) is 0 Å². The quantitative estimate of drug-likeness (QED) is 0.624. The van der Waals surface area contributed by atoms with Gasteiger partial charge < -0.3 is 4.74 Å². The van der Waals surface area contributed by atoms with Gasteiger partial charge in [0.1, 0.15) is 4.60 Å². The fourth-order valence-corrected chi connectivity index (χ4v) is 1.45. The van der Waals surface area contributed by atoms with Crippen molar-refractivity contribution in [3.8, 4) is 0 Å². The predicted molar refractivity (Wildman–Crippen MR) is 61.7 cm³/mol. The van der Waals surface area contributed by atoms with Gasteiger partial charge in [0.2, 0.25) is 0 Å². The van der Waals surface area contributed by atoms with Crippen molar-refractivity contribution in [2.75, 3.05) is 0 Å². The fourth-order valence-electron chi connectivity index (χ4n) is 1.21. The summed E-state index contributed by atoms with van der Waals surface area (Å²) < 4.78 is 5.93. The largest absolute Gasteiger partial charge is 0.459 e. The standard InChI is InChI=1S/C11H14BrNO2/c1-3-4-8(2)15-11(14)9-5-6-10(12)13-7-9/h5-8H,3-4H2,1-2H3. The average Bonchev–Trinajstić information content (AvgIpc) is 2.18. The Balaban J connectivity index is 2.57. The zero-order valence-corrected chi connectivity index (χ0v) is 10.5. The predicted octanol–water partition coefficient (Wildman–Crippen LogP) is 3.19. The molecule has 0 radical (unpaired) electrons. The highest BCUT2D eigenvalue weighted by Crippen LogP contribution is 2.09. The summed E-state index contributed by atoms with van der Waals surface area (Å²) in [6.07, 6.45) is 3.36. The van der Waals surface area contributed by atoms with Crippen LogP contribution in [0.5, 0.6) is 0 Å². The van der Waals surface area contributed by atoms with E-state index in [1.807, 2.05) is 6.92 Å². The van der Waals surface area contributed by atoms with Gasteiger partial charge in [-0.1, -0.05) is 13.3 Å². The molecule has 0 aliphatic carbocycles. The van der Waals surface area contributed by atoms with Gasteiger partial charge in [0.05, 0.1) is 11.7 Å². The lowest BCUT2D eigenvalue weighted by Gasteiger charge is -2.11. The van der Waals surface area contributed by atoms with Gasteiger partial charge >= 0.3 is 5.97 Å². The lowest BCUT2D eigenvalue weighted by molar-refractivity contribution is 0.0323. The van der Waals surface area contributed by atoms with E-state index in [4.69, 9.17) is 4.74 Å². The number of halogens is 1. The zero-order valence-electron chi connectivity index (χ0n) is 8.87. The van der Waals surface area contributed by atoms with Crippen LogP contribution in [-0.4, -0.2) is 17.1 Å². The van der Waals surface area contributed by atoms with Gasteiger partial charge in [-0.3, -0.25) is 0 Å². The molecule has 4 heteroatoms. The second-order valence-corrected chi connectivity index (χ2v) is 4.19. The van der Waals surface area contributed by atoms with E-state index in [9.17, 15) is 4.79 Å². The van der Waals surface area contributed by atoms with E-state index < -0.39 is 0 Å². The summed E-state index contributed by atoms with van der Waals surface area (Å²) in [5.74, 6) is -0.309. The van der Waals surface area contributed by atoms with Gasteiger partial charge in [-0.05, 0) is 41.4 Å². The van der Waals surface area contributed by atoms with Crippen molar-refractivity contribution in [2.24, 2.45) is 0 Å². The Labute approximate surface area is 98.0 Å². The Morgan fingerprint density at radius 3 is 2.87 bits per heavy atom. The van der Waals surface area contributed by atoms with Gasteiger partial charge in [-0.25, -0.2) is 9.78 Å². The number of hydrogen-bond donors (Lipinski definition) is 0. The molecule has 1 atom stereocenters. The topological polar surface area (TPSA) is 39.2 Å². The first-order valence-electron chi connectivity index (χ1n) is 4.96. The molecular formula is C11H14BrNO2. The van der Waals surface area contributed by atoms with E-state index in [0.717, 1.165) is 12.8 Å². The fraction of sp³-hybridized carbons (Fsp3) is 0.455. The summed E-state index contributed by atoms with van der Waals surface area (Å²) in [4.78, 5) is 15.5. The maximum absolute atomic E-state index is 11.6. The lowest BCUT2D eigenvalue weighted by atomic mass is 10.2. The van der Waals surface area contributed by atoms with Crippen LogP contribution in [0.4, 0.5) is 0 Å². The summed E-state index contributed by atoms with van der Waals surface area (Å²) in [7, 11) is 0. The number of ether oxygens (including phenoxy) is 1. The molecule has 0 aliphatic rings. The van der Waals surface area contributed by atoms with Crippen molar-refractivity contribution in [3.05, 3.63) is 28.5 Å². The molecule has 82 valence electrons. The molecule has 1 rings (SSSR count).